The van der Waals surface area contributed by atoms with Gasteiger partial charge >= 0.3 is 5.76 Å². The number of aromatic amines is 1. The van der Waals surface area contributed by atoms with Crippen LogP contribution in [0.25, 0.3) is 11.1 Å². The second-order valence-corrected chi connectivity index (χ2v) is 3.26. The van der Waals surface area contributed by atoms with Crippen LogP contribution >= 0.6 is 0 Å². The van der Waals surface area contributed by atoms with Gasteiger partial charge in [0.1, 0.15) is 6.04 Å². The van der Waals surface area contributed by atoms with Gasteiger partial charge in [-0.15, -0.1) is 0 Å². The van der Waals surface area contributed by atoms with Gasteiger partial charge in [-0.25, -0.2) is 10.6 Å². The highest BCUT2D eigenvalue weighted by Gasteiger charge is 2.15. The van der Waals surface area contributed by atoms with E-state index in [9.17, 15) is 9.59 Å². The Balaban J connectivity index is 2.46. The Morgan fingerprint density at radius 1 is 1.50 bits per heavy atom. The second kappa shape index (κ2) is 3.80. The molecule has 0 spiro atoms. The van der Waals surface area contributed by atoms with Crippen LogP contribution in [0.3, 0.4) is 0 Å². The predicted molar refractivity (Wildman–Crippen MR) is 56.1 cm³/mol. The first-order valence-electron chi connectivity index (χ1n) is 4.50. The molecule has 84 valence electrons. The summed E-state index contributed by atoms with van der Waals surface area (Å²) >= 11 is 0. The van der Waals surface area contributed by atoms with Crippen LogP contribution in [0, 0.1) is 0 Å². The molecule has 0 aliphatic heterocycles. The summed E-state index contributed by atoms with van der Waals surface area (Å²) in [5, 5.41) is 0. The SMILES string of the molecule is NNC(=O)C(N)c1ccc2oc(=O)[nH]c2c1. The lowest BCUT2D eigenvalue weighted by Crippen LogP contribution is -2.38. The van der Waals surface area contributed by atoms with Gasteiger partial charge in [-0.05, 0) is 17.7 Å². The van der Waals surface area contributed by atoms with Crippen molar-refractivity contribution in [2.24, 2.45) is 11.6 Å². The number of aromatic nitrogens is 1. The first-order chi connectivity index (χ1) is 7.61. The van der Waals surface area contributed by atoms with E-state index in [1.165, 1.54) is 0 Å². The lowest BCUT2D eigenvalue weighted by atomic mass is 10.1. The Bertz CT molecular complexity index is 586. The van der Waals surface area contributed by atoms with E-state index < -0.39 is 17.7 Å². The highest BCUT2D eigenvalue weighted by molar-refractivity contribution is 5.84. The zero-order valence-corrected chi connectivity index (χ0v) is 8.19. The second-order valence-electron chi connectivity index (χ2n) is 3.26. The van der Waals surface area contributed by atoms with Crippen molar-refractivity contribution in [3.8, 4) is 0 Å². The standard InChI is InChI=1S/C9H10N4O3/c10-7(8(14)13-11)4-1-2-6-5(3-4)12-9(15)16-6/h1-3,7H,10-11H2,(H,12,15)(H,13,14). The molecule has 0 aliphatic carbocycles. The Kier molecular flexibility index (Phi) is 2.47. The molecule has 1 aromatic carbocycles. The van der Waals surface area contributed by atoms with Crippen LogP contribution in [0.5, 0.6) is 0 Å². The van der Waals surface area contributed by atoms with Gasteiger partial charge in [-0.3, -0.25) is 15.2 Å². The number of H-pyrrole nitrogens is 1. The molecule has 0 saturated carbocycles. The Labute approximate surface area is 89.4 Å². The number of carbonyl (C=O) groups is 1. The van der Waals surface area contributed by atoms with E-state index in [0.29, 0.717) is 16.7 Å². The summed E-state index contributed by atoms with van der Waals surface area (Å²) in [6.45, 7) is 0. The van der Waals surface area contributed by atoms with Gasteiger partial charge in [0, 0.05) is 0 Å². The van der Waals surface area contributed by atoms with Crippen LogP contribution < -0.4 is 22.8 Å². The Hall–Kier alpha value is -2.12. The number of hydrazine groups is 1. The lowest BCUT2D eigenvalue weighted by molar-refractivity contribution is -0.122. The minimum atomic E-state index is -0.882. The number of fused-ring (bicyclic) bond motifs is 1. The Morgan fingerprint density at radius 2 is 2.25 bits per heavy atom. The molecule has 1 amide bonds. The molecule has 1 atom stereocenters. The van der Waals surface area contributed by atoms with Gasteiger partial charge in [0.05, 0.1) is 5.52 Å². The normalized spacial score (nSPS) is 12.6. The number of benzene rings is 1. The Morgan fingerprint density at radius 3 is 2.94 bits per heavy atom. The molecular weight excluding hydrogens is 212 g/mol. The number of hydrogen-bond acceptors (Lipinski definition) is 5. The molecule has 7 heteroatoms. The molecular formula is C9H10N4O3. The van der Waals surface area contributed by atoms with Crippen molar-refractivity contribution in [1.82, 2.24) is 10.4 Å². The van der Waals surface area contributed by atoms with Crippen molar-refractivity contribution in [1.29, 1.82) is 0 Å². The maximum atomic E-state index is 11.2. The fourth-order valence-corrected chi connectivity index (χ4v) is 1.40. The molecule has 6 N–H and O–H groups in total. The largest absolute Gasteiger partial charge is 0.417 e. The number of amides is 1. The quantitative estimate of drug-likeness (QED) is 0.298. The molecule has 1 aromatic heterocycles. The highest BCUT2D eigenvalue weighted by Crippen LogP contribution is 2.16. The van der Waals surface area contributed by atoms with Gasteiger partial charge in [0.15, 0.2) is 5.58 Å². The third-order valence-corrected chi connectivity index (χ3v) is 2.23. The zero-order chi connectivity index (χ0) is 11.7. The van der Waals surface area contributed by atoms with Gasteiger partial charge in [0.25, 0.3) is 5.91 Å². The van der Waals surface area contributed by atoms with Gasteiger partial charge in [-0.1, -0.05) is 6.07 Å². The first-order valence-corrected chi connectivity index (χ1v) is 4.50. The molecule has 7 nitrogen and oxygen atoms in total. The first kappa shape index (κ1) is 10.4. The number of carbonyl (C=O) groups excluding carboxylic acids is 1. The molecule has 0 saturated heterocycles. The maximum Gasteiger partial charge on any atom is 0.417 e. The molecule has 0 aliphatic rings. The van der Waals surface area contributed by atoms with E-state index in [-0.39, 0.29) is 0 Å². The van der Waals surface area contributed by atoms with Crippen LogP contribution in [0.2, 0.25) is 0 Å². The van der Waals surface area contributed by atoms with Crippen molar-refractivity contribution < 1.29 is 9.21 Å². The zero-order valence-electron chi connectivity index (χ0n) is 8.19. The van der Waals surface area contributed by atoms with Gasteiger partial charge < -0.3 is 10.2 Å². The maximum absolute atomic E-state index is 11.2. The average Bonchev–Trinajstić information content (AvgIpc) is 2.65. The van der Waals surface area contributed by atoms with Crippen LogP contribution in [0.1, 0.15) is 11.6 Å². The fraction of sp³-hybridized carbons (Fsp3) is 0.111. The third-order valence-electron chi connectivity index (χ3n) is 2.23. The molecule has 2 aromatic rings. The third kappa shape index (κ3) is 1.69. The fourth-order valence-electron chi connectivity index (χ4n) is 1.40. The summed E-state index contributed by atoms with van der Waals surface area (Å²) < 4.78 is 4.81. The van der Waals surface area contributed by atoms with Crippen molar-refractivity contribution in [3.63, 3.8) is 0 Å². The van der Waals surface area contributed by atoms with Gasteiger partial charge in [0.2, 0.25) is 0 Å². The average molecular weight is 222 g/mol. The summed E-state index contributed by atoms with van der Waals surface area (Å²) in [5.74, 6) is 3.91. The molecule has 2 rings (SSSR count). The summed E-state index contributed by atoms with van der Waals surface area (Å²) in [6.07, 6.45) is 0. The molecule has 1 unspecified atom stereocenters. The van der Waals surface area contributed by atoms with Crippen LogP contribution in [-0.2, 0) is 4.79 Å². The topological polar surface area (TPSA) is 127 Å². The van der Waals surface area contributed by atoms with Crippen LogP contribution in [-0.4, -0.2) is 10.9 Å². The van der Waals surface area contributed by atoms with Crippen molar-refractivity contribution in [2.75, 3.05) is 0 Å². The summed E-state index contributed by atoms with van der Waals surface area (Å²) in [5.41, 5.74) is 9.02. The number of nitrogens with two attached hydrogens (primary N) is 2. The van der Waals surface area contributed by atoms with Crippen LogP contribution in [0.4, 0.5) is 0 Å². The van der Waals surface area contributed by atoms with Gasteiger partial charge in [-0.2, -0.15) is 0 Å². The molecule has 0 bridgehead atoms. The van der Waals surface area contributed by atoms with E-state index in [0.717, 1.165) is 0 Å². The summed E-state index contributed by atoms with van der Waals surface area (Å²) in [6, 6.07) is 3.85. The predicted octanol–water partition coefficient (Wildman–Crippen LogP) is -0.889. The number of hydrogen-bond donors (Lipinski definition) is 4. The summed E-state index contributed by atoms with van der Waals surface area (Å²) in [4.78, 5) is 24.6. The highest BCUT2D eigenvalue weighted by atomic mass is 16.4. The molecule has 0 radical (unpaired) electrons. The number of nitrogens with one attached hydrogen (secondary N) is 2. The minimum Gasteiger partial charge on any atom is -0.408 e. The van der Waals surface area contributed by atoms with Crippen molar-refractivity contribution in [3.05, 3.63) is 34.3 Å². The van der Waals surface area contributed by atoms with E-state index in [2.05, 4.69) is 4.98 Å². The molecule has 0 fully saturated rings. The van der Waals surface area contributed by atoms with E-state index in [4.69, 9.17) is 16.0 Å². The minimum absolute atomic E-state index is 0.411. The number of rotatable bonds is 2. The van der Waals surface area contributed by atoms with E-state index >= 15 is 0 Å². The van der Waals surface area contributed by atoms with Crippen molar-refractivity contribution >= 4 is 17.0 Å². The van der Waals surface area contributed by atoms with Crippen molar-refractivity contribution in [2.45, 2.75) is 6.04 Å². The number of oxazole rings is 1. The molecule has 16 heavy (non-hydrogen) atoms. The smallest absolute Gasteiger partial charge is 0.408 e. The van der Waals surface area contributed by atoms with E-state index in [1.807, 2.05) is 5.43 Å². The summed E-state index contributed by atoms with van der Waals surface area (Å²) in [7, 11) is 0. The monoisotopic (exact) mass is 222 g/mol. The van der Waals surface area contributed by atoms with Crippen LogP contribution in [0.15, 0.2) is 27.4 Å². The molecule has 1 heterocycles. The van der Waals surface area contributed by atoms with E-state index in [1.54, 1.807) is 18.2 Å². The lowest BCUT2D eigenvalue weighted by Gasteiger charge is -2.09.